The van der Waals surface area contributed by atoms with Gasteiger partial charge in [0.1, 0.15) is 0 Å². The summed E-state index contributed by atoms with van der Waals surface area (Å²) in [7, 11) is 0. The van der Waals surface area contributed by atoms with Gasteiger partial charge in [0.25, 0.3) is 0 Å². The third-order valence-electron chi connectivity index (χ3n) is 3.32. The lowest BCUT2D eigenvalue weighted by atomic mass is 9.98. The van der Waals surface area contributed by atoms with Crippen LogP contribution in [-0.4, -0.2) is 12.6 Å². The van der Waals surface area contributed by atoms with Crippen molar-refractivity contribution in [2.24, 2.45) is 0 Å². The molecule has 0 aliphatic rings. The third-order valence-corrected chi connectivity index (χ3v) is 3.32. The molecule has 1 N–H and O–H groups in total. The van der Waals surface area contributed by atoms with Gasteiger partial charge in [0.2, 0.25) is 0 Å². The Morgan fingerprint density at radius 3 is 2.40 bits per heavy atom. The van der Waals surface area contributed by atoms with E-state index in [0.717, 1.165) is 19.0 Å². The summed E-state index contributed by atoms with van der Waals surface area (Å²) < 4.78 is 27.0. The zero-order chi connectivity index (χ0) is 14.4. The van der Waals surface area contributed by atoms with Crippen molar-refractivity contribution in [2.75, 3.05) is 6.54 Å². The highest BCUT2D eigenvalue weighted by Crippen LogP contribution is 2.15. The van der Waals surface area contributed by atoms with Crippen molar-refractivity contribution in [1.82, 2.24) is 5.32 Å². The summed E-state index contributed by atoms with van der Waals surface area (Å²) >= 11 is 0. The predicted octanol–water partition coefficient (Wildman–Crippen LogP) is 3.73. The Kier molecular flexibility index (Phi) is 5.24. The van der Waals surface area contributed by atoms with E-state index >= 15 is 0 Å². The first kappa shape index (κ1) is 14.7. The van der Waals surface area contributed by atoms with E-state index in [4.69, 9.17) is 0 Å². The minimum Gasteiger partial charge on any atom is -0.314 e. The number of benzene rings is 2. The summed E-state index contributed by atoms with van der Waals surface area (Å²) in [5, 5.41) is 3.34. The highest BCUT2D eigenvalue weighted by Gasteiger charge is 2.14. The van der Waals surface area contributed by atoms with E-state index in [2.05, 4.69) is 5.32 Å². The van der Waals surface area contributed by atoms with E-state index in [-0.39, 0.29) is 6.04 Å². The van der Waals surface area contributed by atoms with Crippen LogP contribution in [0.25, 0.3) is 0 Å². The average molecular weight is 275 g/mol. The monoisotopic (exact) mass is 275 g/mol. The van der Waals surface area contributed by atoms with E-state index in [0.29, 0.717) is 12.0 Å². The molecule has 0 aliphatic carbocycles. The average Bonchev–Trinajstić information content (AvgIpc) is 2.45. The molecule has 0 saturated carbocycles. The number of nitrogens with one attached hydrogen (secondary N) is 1. The lowest BCUT2D eigenvalue weighted by molar-refractivity contribution is 0.474. The van der Waals surface area contributed by atoms with Crippen molar-refractivity contribution in [3.05, 3.63) is 71.3 Å². The standard InChI is InChI=1S/C17H19F2N/c1-2-20-15(11-13-7-4-3-5-8-13)12-14-9-6-10-16(18)17(14)19/h3-10,15,20H,2,11-12H2,1H3. The quantitative estimate of drug-likeness (QED) is 0.847. The Balaban J connectivity index is 2.11. The van der Waals surface area contributed by atoms with Crippen molar-refractivity contribution in [3.63, 3.8) is 0 Å². The molecule has 0 aliphatic heterocycles. The molecule has 0 bridgehead atoms. The molecule has 0 aromatic heterocycles. The smallest absolute Gasteiger partial charge is 0.162 e. The lowest BCUT2D eigenvalue weighted by Crippen LogP contribution is -2.33. The van der Waals surface area contributed by atoms with E-state index in [9.17, 15) is 8.78 Å². The fourth-order valence-corrected chi connectivity index (χ4v) is 2.38. The molecule has 0 saturated heterocycles. The molecule has 2 aromatic carbocycles. The van der Waals surface area contributed by atoms with Crippen LogP contribution in [0.5, 0.6) is 0 Å². The number of hydrogen-bond acceptors (Lipinski definition) is 1. The SMILES string of the molecule is CCNC(Cc1ccccc1)Cc1cccc(F)c1F. The molecule has 106 valence electrons. The van der Waals surface area contributed by atoms with Crippen LogP contribution in [0.2, 0.25) is 0 Å². The van der Waals surface area contributed by atoms with Gasteiger partial charge in [0, 0.05) is 6.04 Å². The first-order chi connectivity index (χ1) is 9.70. The fourth-order valence-electron chi connectivity index (χ4n) is 2.38. The van der Waals surface area contributed by atoms with Gasteiger partial charge in [-0.2, -0.15) is 0 Å². The number of rotatable bonds is 6. The summed E-state index contributed by atoms with van der Waals surface area (Å²) in [5.74, 6) is -1.51. The molecule has 20 heavy (non-hydrogen) atoms. The van der Waals surface area contributed by atoms with Gasteiger partial charge in [-0.3, -0.25) is 0 Å². The van der Waals surface area contributed by atoms with E-state index in [1.807, 2.05) is 37.3 Å². The normalized spacial score (nSPS) is 12.3. The summed E-state index contributed by atoms with van der Waals surface area (Å²) in [6.07, 6.45) is 1.27. The van der Waals surface area contributed by atoms with Crippen LogP contribution in [-0.2, 0) is 12.8 Å². The van der Waals surface area contributed by atoms with Gasteiger partial charge in [0.05, 0.1) is 0 Å². The highest BCUT2D eigenvalue weighted by atomic mass is 19.2. The second-order valence-corrected chi connectivity index (χ2v) is 4.86. The summed E-state index contributed by atoms with van der Waals surface area (Å²) in [6, 6.07) is 14.5. The summed E-state index contributed by atoms with van der Waals surface area (Å²) in [4.78, 5) is 0. The van der Waals surface area contributed by atoms with Gasteiger partial charge in [0.15, 0.2) is 11.6 Å². The maximum atomic E-state index is 13.7. The van der Waals surface area contributed by atoms with E-state index < -0.39 is 11.6 Å². The van der Waals surface area contributed by atoms with Crippen molar-refractivity contribution in [1.29, 1.82) is 0 Å². The van der Waals surface area contributed by atoms with Gasteiger partial charge in [-0.1, -0.05) is 49.4 Å². The van der Waals surface area contributed by atoms with Crippen LogP contribution < -0.4 is 5.32 Å². The van der Waals surface area contributed by atoms with Crippen molar-refractivity contribution in [3.8, 4) is 0 Å². The third kappa shape index (κ3) is 3.87. The van der Waals surface area contributed by atoms with E-state index in [1.54, 1.807) is 12.1 Å². The Morgan fingerprint density at radius 2 is 1.70 bits per heavy atom. The molecule has 1 unspecified atom stereocenters. The molecule has 0 fully saturated rings. The second-order valence-electron chi connectivity index (χ2n) is 4.86. The first-order valence-electron chi connectivity index (χ1n) is 6.91. The molecule has 0 spiro atoms. The van der Waals surface area contributed by atoms with Crippen LogP contribution in [0.4, 0.5) is 8.78 Å². The van der Waals surface area contributed by atoms with Crippen molar-refractivity contribution in [2.45, 2.75) is 25.8 Å². The largest absolute Gasteiger partial charge is 0.314 e. The second kappa shape index (κ2) is 7.15. The topological polar surface area (TPSA) is 12.0 Å². The van der Waals surface area contributed by atoms with Gasteiger partial charge >= 0.3 is 0 Å². The Morgan fingerprint density at radius 1 is 0.950 bits per heavy atom. The Labute approximate surface area is 118 Å². The summed E-state index contributed by atoms with van der Waals surface area (Å²) in [5.41, 5.74) is 1.61. The van der Waals surface area contributed by atoms with Crippen LogP contribution in [0, 0.1) is 11.6 Å². The number of halogens is 2. The van der Waals surface area contributed by atoms with Crippen LogP contribution in [0.3, 0.4) is 0 Å². The highest BCUT2D eigenvalue weighted by molar-refractivity contribution is 5.22. The molecular weight excluding hydrogens is 256 g/mol. The zero-order valence-corrected chi connectivity index (χ0v) is 11.6. The van der Waals surface area contributed by atoms with E-state index in [1.165, 1.54) is 5.56 Å². The minimum absolute atomic E-state index is 0.0960. The predicted molar refractivity (Wildman–Crippen MR) is 77.7 cm³/mol. The van der Waals surface area contributed by atoms with Gasteiger partial charge in [-0.25, -0.2) is 8.78 Å². The minimum atomic E-state index is -0.780. The molecule has 0 radical (unpaired) electrons. The maximum absolute atomic E-state index is 13.7. The van der Waals surface area contributed by atoms with Crippen molar-refractivity contribution >= 4 is 0 Å². The lowest BCUT2D eigenvalue weighted by Gasteiger charge is -2.18. The molecule has 3 heteroatoms. The first-order valence-corrected chi connectivity index (χ1v) is 6.91. The molecule has 0 heterocycles. The molecule has 1 atom stereocenters. The molecule has 0 amide bonds. The zero-order valence-electron chi connectivity index (χ0n) is 11.6. The van der Waals surface area contributed by atoms with Crippen LogP contribution >= 0.6 is 0 Å². The number of likely N-dealkylation sites (N-methyl/N-ethyl adjacent to an activating group) is 1. The molecular formula is C17H19F2N. The van der Waals surface area contributed by atoms with Crippen LogP contribution in [0.15, 0.2) is 48.5 Å². The maximum Gasteiger partial charge on any atom is 0.162 e. The summed E-state index contributed by atoms with van der Waals surface area (Å²) in [6.45, 7) is 2.81. The van der Waals surface area contributed by atoms with Gasteiger partial charge in [-0.05, 0) is 36.6 Å². The Hall–Kier alpha value is -1.74. The number of hydrogen-bond donors (Lipinski definition) is 1. The molecule has 1 nitrogen and oxygen atoms in total. The van der Waals surface area contributed by atoms with Crippen LogP contribution in [0.1, 0.15) is 18.1 Å². The van der Waals surface area contributed by atoms with Crippen molar-refractivity contribution < 1.29 is 8.78 Å². The fraction of sp³-hybridized carbons (Fsp3) is 0.294. The Bertz CT molecular complexity index is 540. The molecule has 2 aromatic rings. The van der Waals surface area contributed by atoms with Gasteiger partial charge in [-0.15, -0.1) is 0 Å². The molecule has 2 rings (SSSR count). The van der Waals surface area contributed by atoms with Gasteiger partial charge < -0.3 is 5.32 Å².